The van der Waals surface area contributed by atoms with Crippen LogP contribution in [0.4, 0.5) is 0 Å². The van der Waals surface area contributed by atoms with Crippen molar-refractivity contribution >= 4 is 26.0 Å². The fourth-order valence-corrected chi connectivity index (χ4v) is 3.43. The van der Waals surface area contributed by atoms with E-state index in [4.69, 9.17) is 0 Å². The molecule has 0 atom stereocenters. The van der Waals surface area contributed by atoms with Crippen molar-refractivity contribution in [2.45, 2.75) is 25.2 Å². The first-order chi connectivity index (χ1) is 7.52. The van der Waals surface area contributed by atoms with Gasteiger partial charge in [0.15, 0.2) is 0 Å². The molecule has 4 nitrogen and oxygen atoms in total. The highest BCUT2D eigenvalue weighted by Crippen LogP contribution is 2.18. The van der Waals surface area contributed by atoms with E-state index in [1.54, 1.807) is 12.3 Å². The molecule has 1 heterocycles. The maximum absolute atomic E-state index is 12.2. The molecule has 6 heteroatoms. The van der Waals surface area contributed by atoms with Gasteiger partial charge >= 0.3 is 0 Å². The standard InChI is InChI=1S/C10H15BrN2O2S/c1-3-5-13(4-2)16(14,15)10-6-9(11)7-12-8-10/h6-8H,3-5H2,1-2H3. The van der Waals surface area contributed by atoms with E-state index in [9.17, 15) is 8.42 Å². The fourth-order valence-electron chi connectivity index (χ4n) is 1.38. The van der Waals surface area contributed by atoms with Gasteiger partial charge in [0.1, 0.15) is 4.90 Å². The van der Waals surface area contributed by atoms with E-state index in [-0.39, 0.29) is 4.90 Å². The molecule has 0 aliphatic rings. The molecule has 0 spiro atoms. The number of sulfonamides is 1. The van der Waals surface area contributed by atoms with Gasteiger partial charge < -0.3 is 0 Å². The Morgan fingerprint density at radius 1 is 1.38 bits per heavy atom. The van der Waals surface area contributed by atoms with E-state index < -0.39 is 10.0 Å². The Morgan fingerprint density at radius 2 is 2.06 bits per heavy atom. The third kappa shape index (κ3) is 3.02. The lowest BCUT2D eigenvalue weighted by Crippen LogP contribution is -2.31. The predicted molar refractivity (Wildman–Crippen MR) is 66.7 cm³/mol. The van der Waals surface area contributed by atoms with Gasteiger partial charge in [-0.25, -0.2) is 8.42 Å². The van der Waals surface area contributed by atoms with Crippen molar-refractivity contribution < 1.29 is 8.42 Å². The molecule has 0 saturated heterocycles. The summed E-state index contributed by atoms with van der Waals surface area (Å²) in [5, 5.41) is 0. The van der Waals surface area contributed by atoms with Crippen LogP contribution in [0, 0.1) is 0 Å². The molecule has 1 rings (SSSR count). The smallest absolute Gasteiger partial charge is 0.244 e. The third-order valence-corrected chi connectivity index (χ3v) is 4.52. The summed E-state index contributed by atoms with van der Waals surface area (Å²) in [6, 6.07) is 1.57. The third-order valence-electron chi connectivity index (χ3n) is 2.14. The summed E-state index contributed by atoms with van der Waals surface area (Å²) >= 11 is 3.22. The molecule has 1 aromatic heterocycles. The lowest BCUT2D eigenvalue weighted by molar-refractivity contribution is 0.427. The Morgan fingerprint density at radius 3 is 2.56 bits per heavy atom. The van der Waals surface area contributed by atoms with Crippen LogP contribution in [0.1, 0.15) is 20.3 Å². The van der Waals surface area contributed by atoms with Crippen LogP contribution in [0.3, 0.4) is 0 Å². The van der Waals surface area contributed by atoms with Crippen LogP contribution < -0.4 is 0 Å². The minimum atomic E-state index is -3.39. The van der Waals surface area contributed by atoms with Crippen molar-refractivity contribution in [2.75, 3.05) is 13.1 Å². The molecule has 0 N–H and O–H groups in total. The number of pyridine rings is 1. The molecule has 16 heavy (non-hydrogen) atoms. The highest BCUT2D eigenvalue weighted by Gasteiger charge is 2.22. The van der Waals surface area contributed by atoms with Crippen molar-refractivity contribution in [2.24, 2.45) is 0 Å². The molecule has 1 aromatic rings. The Labute approximate surface area is 105 Å². The zero-order valence-electron chi connectivity index (χ0n) is 9.35. The molecule has 90 valence electrons. The number of hydrogen-bond acceptors (Lipinski definition) is 3. The van der Waals surface area contributed by atoms with Crippen LogP contribution in [0.5, 0.6) is 0 Å². The molecule has 0 unspecified atom stereocenters. The van der Waals surface area contributed by atoms with Crippen LogP contribution >= 0.6 is 15.9 Å². The van der Waals surface area contributed by atoms with Crippen molar-refractivity contribution in [3.63, 3.8) is 0 Å². The monoisotopic (exact) mass is 306 g/mol. The molecule has 0 bridgehead atoms. The molecule has 0 fully saturated rings. The number of aromatic nitrogens is 1. The van der Waals surface area contributed by atoms with Crippen molar-refractivity contribution in [1.29, 1.82) is 0 Å². The van der Waals surface area contributed by atoms with E-state index in [1.807, 2.05) is 13.8 Å². The minimum absolute atomic E-state index is 0.233. The molecule has 0 aliphatic heterocycles. The lowest BCUT2D eigenvalue weighted by Gasteiger charge is -2.19. The fraction of sp³-hybridized carbons (Fsp3) is 0.500. The second kappa shape index (κ2) is 5.75. The molecular weight excluding hydrogens is 292 g/mol. The first-order valence-electron chi connectivity index (χ1n) is 5.13. The second-order valence-corrected chi connectivity index (χ2v) is 6.19. The summed E-state index contributed by atoms with van der Waals surface area (Å²) in [5.41, 5.74) is 0. The largest absolute Gasteiger partial charge is 0.262 e. The SMILES string of the molecule is CCCN(CC)S(=O)(=O)c1cncc(Br)c1. The average Bonchev–Trinajstić information content (AvgIpc) is 2.25. The van der Waals surface area contributed by atoms with E-state index >= 15 is 0 Å². The summed E-state index contributed by atoms with van der Waals surface area (Å²) < 4.78 is 26.5. The molecule has 0 saturated carbocycles. The molecule has 0 aromatic carbocycles. The zero-order valence-corrected chi connectivity index (χ0v) is 11.8. The van der Waals surface area contributed by atoms with Crippen LogP contribution in [-0.2, 0) is 10.0 Å². The highest BCUT2D eigenvalue weighted by atomic mass is 79.9. The summed E-state index contributed by atoms with van der Waals surface area (Å²) in [6.45, 7) is 4.80. The number of rotatable bonds is 5. The van der Waals surface area contributed by atoms with E-state index in [2.05, 4.69) is 20.9 Å². The predicted octanol–water partition coefficient (Wildman–Crippen LogP) is 2.26. The molecule has 0 radical (unpaired) electrons. The average molecular weight is 307 g/mol. The Balaban J connectivity index is 3.09. The van der Waals surface area contributed by atoms with Crippen molar-refractivity contribution in [3.8, 4) is 0 Å². The van der Waals surface area contributed by atoms with Gasteiger partial charge in [0.05, 0.1) is 0 Å². The van der Waals surface area contributed by atoms with Crippen molar-refractivity contribution in [3.05, 3.63) is 22.9 Å². The van der Waals surface area contributed by atoms with Gasteiger partial charge in [0.2, 0.25) is 10.0 Å². The van der Waals surface area contributed by atoms with Crippen LogP contribution in [0.15, 0.2) is 27.8 Å². The minimum Gasteiger partial charge on any atom is -0.262 e. The van der Waals surface area contributed by atoms with Crippen LogP contribution in [0.25, 0.3) is 0 Å². The van der Waals surface area contributed by atoms with Crippen LogP contribution in [0.2, 0.25) is 0 Å². The number of halogens is 1. The first kappa shape index (κ1) is 13.6. The topological polar surface area (TPSA) is 50.3 Å². The van der Waals surface area contributed by atoms with Crippen LogP contribution in [-0.4, -0.2) is 30.8 Å². The molecule has 0 aliphatic carbocycles. The van der Waals surface area contributed by atoms with Gasteiger partial charge in [-0.2, -0.15) is 4.31 Å². The Bertz CT molecular complexity index is 448. The maximum atomic E-state index is 12.2. The van der Waals surface area contributed by atoms with Gasteiger partial charge in [0.25, 0.3) is 0 Å². The Kier molecular flexibility index (Phi) is 4.89. The molecule has 0 amide bonds. The van der Waals surface area contributed by atoms with Gasteiger partial charge in [-0.3, -0.25) is 4.98 Å². The summed E-state index contributed by atoms with van der Waals surface area (Å²) in [6.07, 6.45) is 3.74. The molecular formula is C10H15BrN2O2S. The maximum Gasteiger partial charge on any atom is 0.244 e. The van der Waals surface area contributed by atoms with E-state index in [1.165, 1.54) is 10.5 Å². The van der Waals surface area contributed by atoms with Gasteiger partial charge in [-0.1, -0.05) is 13.8 Å². The normalized spacial score (nSPS) is 12.0. The van der Waals surface area contributed by atoms with E-state index in [0.717, 1.165) is 6.42 Å². The first-order valence-corrected chi connectivity index (χ1v) is 7.36. The zero-order chi connectivity index (χ0) is 12.2. The second-order valence-electron chi connectivity index (χ2n) is 3.34. The number of nitrogens with zero attached hydrogens (tertiary/aromatic N) is 2. The lowest BCUT2D eigenvalue weighted by atomic mass is 10.5. The quantitative estimate of drug-likeness (QED) is 0.838. The summed E-state index contributed by atoms with van der Waals surface area (Å²) in [5.74, 6) is 0. The van der Waals surface area contributed by atoms with Gasteiger partial charge in [0, 0.05) is 30.0 Å². The van der Waals surface area contributed by atoms with E-state index in [0.29, 0.717) is 17.6 Å². The van der Waals surface area contributed by atoms with Gasteiger partial charge in [-0.15, -0.1) is 0 Å². The van der Waals surface area contributed by atoms with Crippen molar-refractivity contribution in [1.82, 2.24) is 9.29 Å². The Hall–Kier alpha value is -0.460. The highest BCUT2D eigenvalue weighted by molar-refractivity contribution is 9.10. The van der Waals surface area contributed by atoms with Gasteiger partial charge in [-0.05, 0) is 28.4 Å². The number of hydrogen-bond donors (Lipinski definition) is 0. The summed E-state index contributed by atoms with van der Waals surface area (Å²) in [4.78, 5) is 4.11. The summed E-state index contributed by atoms with van der Waals surface area (Å²) in [7, 11) is -3.39.